The van der Waals surface area contributed by atoms with Crippen molar-refractivity contribution in [3.8, 4) is 5.75 Å². The number of benzene rings is 2. The number of amides is 1. The Labute approximate surface area is 182 Å². The first kappa shape index (κ1) is 21.3. The first-order chi connectivity index (χ1) is 14.0. The minimum Gasteiger partial charge on any atom is -0.481 e. The molecule has 6 nitrogen and oxygen atoms in total. The summed E-state index contributed by atoms with van der Waals surface area (Å²) in [5.74, 6) is -0.0547. The molecule has 1 heterocycles. The molecule has 0 spiro atoms. The summed E-state index contributed by atoms with van der Waals surface area (Å²) < 4.78 is 10.6. The highest BCUT2D eigenvalue weighted by molar-refractivity contribution is 9.10. The number of halogens is 1. The third-order valence-electron chi connectivity index (χ3n) is 4.22. The van der Waals surface area contributed by atoms with Crippen LogP contribution in [0.3, 0.4) is 0 Å². The molecule has 1 aliphatic heterocycles. The zero-order valence-corrected chi connectivity index (χ0v) is 18.4. The van der Waals surface area contributed by atoms with Crippen molar-refractivity contribution in [2.45, 2.75) is 18.8 Å². The number of hydrogen-bond donors (Lipinski definition) is 2. The molecular weight excluding hydrogens is 456 g/mol. The number of esters is 1. The van der Waals surface area contributed by atoms with Gasteiger partial charge < -0.3 is 20.1 Å². The number of aryl methyl sites for hydroxylation is 1. The van der Waals surface area contributed by atoms with Gasteiger partial charge in [0.1, 0.15) is 5.75 Å². The Hall–Kier alpha value is -2.45. The first-order valence-electron chi connectivity index (χ1n) is 9.02. The third kappa shape index (κ3) is 5.77. The molecule has 1 saturated heterocycles. The zero-order valence-electron chi connectivity index (χ0n) is 16.0. The molecule has 2 aromatic rings. The lowest BCUT2D eigenvalue weighted by molar-refractivity contribution is -0.142. The van der Waals surface area contributed by atoms with E-state index in [1.54, 1.807) is 6.07 Å². The highest BCUT2D eigenvalue weighted by Crippen LogP contribution is 2.32. The van der Waals surface area contributed by atoms with Crippen LogP contribution in [0.5, 0.6) is 5.75 Å². The lowest BCUT2D eigenvalue weighted by Gasteiger charge is -2.12. The Bertz CT molecular complexity index is 931. The van der Waals surface area contributed by atoms with E-state index in [0.29, 0.717) is 15.1 Å². The number of thioether (sulfide) groups is 1. The zero-order chi connectivity index (χ0) is 20.8. The third-order valence-corrected chi connectivity index (χ3v) is 5.87. The Kier molecular flexibility index (Phi) is 7.22. The minimum atomic E-state index is -0.454. The Balaban J connectivity index is 1.64. The molecule has 0 bridgehead atoms. The number of ether oxygens (including phenoxy) is 2. The summed E-state index contributed by atoms with van der Waals surface area (Å²) in [7, 11) is 1.31. The lowest BCUT2D eigenvalue weighted by Crippen LogP contribution is -2.30. The maximum Gasteiger partial charge on any atom is 0.343 e. The SMILES string of the molecule is CCc1ccc(NC2NC(=O)C(=Cc3ccc(OCC(=O)OC)c(Br)c3)S2)cc1. The molecule has 0 radical (unpaired) electrons. The van der Waals surface area contributed by atoms with E-state index in [0.717, 1.165) is 17.7 Å². The van der Waals surface area contributed by atoms with E-state index in [1.807, 2.05) is 30.3 Å². The van der Waals surface area contributed by atoms with Crippen molar-refractivity contribution < 1.29 is 19.1 Å². The molecule has 0 aromatic heterocycles. The van der Waals surface area contributed by atoms with Crippen LogP contribution in [-0.2, 0) is 20.7 Å². The van der Waals surface area contributed by atoms with Crippen LogP contribution in [0.25, 0.3) is 6.08 Å². The van der Waals surface area contributed by atoms with E-state index in [2.05, 4.69) is 50.4 Å². The topological polar surface area (TPSA) is 76.7 Å². The molecule has 3 rings (SSSR count). The maximum absolute atomic E-state index is 12.3. The quantitative estimate of drug-likeness (QED) is 0.461. The van der Waals surface area contributed by atoms with Gasteiger partial charge in [-0.15, -0.1) is 0 Å². The van der Waals surface area contributed by atoms with Gasteiger partial charge in [0.2, 0.25) is 0 Å². The maximum atomic E-state index is 12.3. The molecule has 1 amide bonds. The monoisotopic (exact) mass is 476 g/mol. The van der Waals surface area contributed by atoms with Crippen molar-refractivity contribution >= 4 is 51.3 Å². The molecule has 8 heteroatoms. The molecule has 1 aliphatic rings. The number of rotatable bonds is 7. The predicted molar refractivity (Wildman–Crippen MR) is 119 cm³/mol. The van der Waals surface area contributed by atoms with Crippen molar-refractivity contribution in [2.24, 2.45) is 0 Å². The predicted octanol–water partition coefficient (Wildman–Crippen LogP) is 4.16. The van der Waals surface area contributed by atoms with Gasteiger partial charge in [0.05, 0.1) is 16.5 Å². The van der Waals surface area contributed by atoms with E-state index in [4.69, 9.17) is 4.74 Å². The number of anilines is 1. The van der Waals surface area contributed by atoms with Crippen molar-refractivity contribution in [2.75, 3.05) is 19.0 Å². The van der Waals surface area contributed by atoms with Gasteiger partial charge >= 0.3 is 5.97 Å². The number of methoxy groups -OCH3 is 1. The van der Waals surface area contributed by atoms with Gasteiger partial charge in [-0.2, -0.15) is 0 Å². The molecule has 2 N–H and O–H groups in total. The highest BCUT2D eigenvalue weighted by Gasteiger charge is 2.27. The van der Waals surface area contributed by atoms with Crippen molar-refractivity contribution in [3.63, 3.8) is 0 Å². The molecule has 29 heavy (non-hydrogen) atoms. The fraction of sp³-hybridized carbons (Fsp3) is 0.238. The summed E-state index contributed by atoms with van der Waals surface area (Å²) >= 11 is 4.85. The minimum absolute atomic E-state index is 0.125. The van der Waals surface area contributed by atoms with Gasteiger partial charge in [0.25, 0.3) is 5.91 Å². The number of carbonyl (C=O) groups excluding carboxylic acids is 2. The molecule has 0 saturated carbocycles. The molecule has 2 aromatic carbocycles. The second-order valence-electron chi connectivity index (χ2n) is 6.23. The van der Waals surface area contributed by atoms with Crippen molar-refractivity contribution in [1.29, 1.82) is 0 Å². The standard InChI is InChI=1S/C21H21BrN2O4S/c1-3-13-4-7-15(8-5-13)23-21-24-20(26)18(29-21)11-14-6-9-17(16(22)10-14)28-12-19(25)27-2/h4-11,21,23H,3,12H2,1-2H3,(H,24,26). The summed E-state index contributed by atoms with van der Waals surface area (Å²) in [6.45, 7) is 1.95. The molecule has 1 fully saturated rings. The molecule has 1 atom stereocenters. The smallest absolute Gasteiger partial charge is 0.343 e. The second kappa shape index (κ2) is 9.84. The van der Waals surface area contributed by atoms with Crippen molar-refractivity contribution in [1.82, 2.24) is 5.32 Å². The lowest BCUT2D eigenvalue weighted by atomic mass is 10.1. The van der Waals surface area contributed by atoms with Gasteiger partial charge in [-0.3, -0.25) is 4.79 Å². The fourth-order valence-corrected chi connectivity index (χ4v) is 4.12. The average molecular weight is 477 g/mol. The van der Waals surface area contributed by atoms with Gasteiger partial charge in [0, 0.05) is 5.69 Å². The molecule has 152 valence electrons. The van der Waals surface area contributed by atoms with Crippen molar-refractivity contribution in [3.05, 3.63) is 63.0 Å². The summed E-state index contributed by atoms with van der Waals surface area (Å²) in [6.07, 6.45) is 2.81. The van der Waals surface area contributed by atoms with E-state index in [1.165, 1.54) is 24.4 Å². The van der Waals surface area contributed by atoms with Crippen LogP contribution in [0.15, 0.2) is 51.8 Å². The molecular formula is C21H21BrN2O4S. The Morgan fingerprint density at radius 3 is 2.69 bits per heavy atom. The van der Waals surface area contributed by atoms with Gasteiger partial charge in [-0.25, -0.2) is 4.79 Å². The number of nitrogens with one attached hydrogen (secondary N) is 2. The van der Waals surface area contributed by atoms with Crippen LogP contribution in [0.4, 0.5) is 5.69 Å². The van der Waals surface area contributed by atoms with E-state index in [-0.39, 0.29) is 18.0 Å². The summed E-state index contributed by atoms with van der Waals surface area (Å²) in [5, 5.41) is 6.23. The van der Waals surface area contributed by atoms with Crippen LogP contribution in [0.1, 0.15) is 18.1 Å². The summed E-state index contributed by atoms with van der Waals surface area (Å²) in [6, 6.07) is 13.6. The molecule has 0 aliphatic carbocycles. The van der Waals surface area contributed by atoms with Crippen LogP contribution in [-0.4, -0.2) is 31.1 Å². The Morgan fingerprint density at radius 1 is 1.28 bits per heavy atom. The Morgan fingerprint density at radius 2 is 2.03 bits per heavy atom. The normalized spacial score (nSPS) is 17.1. The van der Waals surface area contributed by atoms with E-state index < -0.39 is 5.97 Å². The molecule has 1 unspecified atom stereocenters. The van der Waals surface area contributed by atoms with Crippen LogP contribution < -0.4 is 15.4 Å². The van der Waals surface area contributed by atoms with E-state index in [9.17, 15) is 9.59 Å². The summed E-state index contributed by atoms with van der Waals surface area (Å²) in [4.78, 5) is 24.1. The largest absolute Gasteiger partial charge is 0.481 e. The van der Waals surface area contributed by atoms with Crippen LogP contribution in [0.2, 0.25) is 0 Å². The van der Waals surface area contributed by atoms with Gasteiger partial charge in [-0.05, 0) is 63.8 Å². The number of hydrogen-bond acceptors (Lipinski definition) is 6. The van der Waals surface area contributed by atoms with Gasteiger partial charge in [-0.1, -0.05) is 36.9 Å². The van der Waals surface area contributed by atoms with Crippen LogP contribution >= 0.6 is 27.7 Å². The number of carbonyl (C=O) groups is 2. The summed E-state index contributed by atoms with van der Waals surface area (Å²) in [5.41, 5.74) is 2.83. The average Bonchev–Trinajstić information content (AvgIpc) is 3.06. The fourth-order valence-electron chi connectivity index (χ4n) is 2.62. The highest BCUT2D eigenvalue weighted by atomic mass is 79.9. The van der Waals surface area contributed by atoms with Crippen LogP contribution in [0, 0.1) is 0 Å². The first-order valence-corrected chi connectivity index (χ1v) is 10.7. The second-order valence-corrected chi connectivity index (χ2v) is 8.23. The van der Waals surface area contributed by atoms with E-state index >= 15 is 0 Å². The van der Waals surface area contributed by atoms with Gasteiger partial charge in [0.15, 0.2) is 12.1 Å².